The smallest absolute Gasteiger partial charge is 0.272 e. The minimum Gasteiger partial charge on any atom is -0.349 e. The molecule has 0 saturated carbocycles. The summed E-state index contributed by atoms with van der Waals surface area (Å²) >= 11 is 0. The van der Waals surface area contributed by atoms with Gasteiger partial charge < -0.3 is 16.0 Å². The number of rotatable bonds is 8. The predicted octanol–water partition coefficient (Wildman–Crippen LogP) is 1.27. The first-order chi connectivity index (χ1) is 12.5. The molecule has 0 unspecified atom stereocenters. The van der Waals surface area contributed by atoms with Gasteiger partial charge in [-0.3, -0.25) is 9.59 Å². The number of benzene rings is 1. The quantitative estimate of drug-likeness (QED) is 0.660. The minimum absolute atomic E-state index is 0.0344. The number of nitrogens with zero attached hydrogens (tertiary/aromatic N) is 2. The van der Waals surface area contributed by atoms with Gasteiger partial charge in [0.25, 0.3) is 11.8 Å². The van der Waals surface area contributed by atoms with Gasteiger partial charge in [0, 0.05) is 31.5 Å². The number of likely N-dealkylation sites (N-methyl/N-ethyl adjacent to an activating group) is 1. The van der Waals surface area contributed by atoms with Gasteiger partial charge in [-0.05, 0) is 31.2 Å². The highest BCUT2D eigenvalue weighted by Crippen LogP contribution is 2.05. The van der Waals surface area contributed by atoms with Crippen LogP contribution in [0.15, 0.2) is 36.7 Å². The van der Waals surface area contributed by atoms with E-state index in [0.717, 1.165) is 12.1 Å². The van der Waals surface area contributed by atoms with Crippen molar-refractivity contribution in [3.8, 4) is 0 Å². The molecule has 0 bridgehead atoms. The first-order valence-corrected chi connectivity index (χ1v) is 8.36. The van der Waals surface area contributed by atoms with Crippen molar-refractivity contribution in [2.24, 2.45) is 0 Å². The van der Waals surface area contributed by atoms with Gasteiger partial charge in [0.2, 0.25) is 0 Å². The van der Waals surface area contributed by atoms with Gasteiger partial charge in [-0.2, -0.15) is 0 Å². The van der Waals surface area contributed by atoms with Gasteiger partial charge in [-0.1, -0.05) is 19.1 Å². The molecule has 26 heavy (non-hydrogen) atoms. The van der Waals surface area contributed by atoms with E-state index in [-0.39, 0.29) is 29.8 Å². The van der Waals surface area contributed by atoms with E-state index in [9.17, 15) is 14.0 Å². The third-order valence-electron chi connectivity index (χ3n) is 3.62. The third-order valence-corrected chi connectivity index (χ3v) is 3.62. The molecule has 0 spiro atoms. The van der Waals surface area contributed by atoms with Crippen molar-refractivity contribution in [1.29, 1.82) is 0 Å². The fourth-order valence-corrected chi connectivity index (χ4v) is 2.29. The van der Waals surface area contributed by atoms with Crippen LogP contribution in [0.3, 0.4) is 0 Å². The molecule has 1 heterocycles. The average molecular weight is 359 g/mol. The van der Waals surface area contributed by atoms with Crippen molar-refractivity contribution in [3.63, 3.8) is 0 Å². The lowest BCUT2D eigenvalue weighted by Gasteiger charge is -2.13. The lowest BCUT2D eigenvalue weighted by atomic mass is 10.2. The van der Waals surface area contributed by atoms with Crippen molar-refractivity contribution in [2.75, 3.05) is 13.1 Å². The molecule has 1 atom stereocenters. The first kappa shape index (κ1) is 19.5. The fraction of sp³-hybridized carbons (Fsp3) is 0.333. The molecule has 138 valence electrons. The fourth-order valence-electron chi connectivity index (χ4n) is 2.29. The van der Waals surface area contributed by atoms with Crippen LogP contribution in [-0.4, -0.2) is 40.9 Å². The zero-order valence-corrected chi connectivity index (χ0v) is 14.8. The Morgan fingerprint density at radius 2 is 1.62 bits per heavy atom. The maximum atomic E-state index is 12.9. The highest BCUT2D eigenvalue weighted by molar-refractivity contribution is 6.04. The Bertz CT molecular complexity index is 752. The molecule has 0 fully saturated rings. The van der Waals surface area contributed by atoms with E-state index >= 15 is 0 Å². The van der Waals surface area contributed by atoms with Crippen LogP contribution in [0.4, 0.5) is 4.39 Å². The van der Waals surface area contributed by atoms with Crippen LogP contribution in [0.1, 0.15) is 40.4 Å². The topological polar surface area (TPSA) is 96.0 Å². The first-order valence-electron chi connectivity index (χ1n) is 8.36. The van der Waals surface area contributed by atoms with E-state index in [2.05, 4.69) is 25.9 Å². The molecule has 8 heteroatoms. The summed E-state index contributed by atoms with van der Waals surface area (Å²) < 4.78 is 12.9. The largest absolute Gasteiger partial charge is 0.349 e. The summed E-state index contributed by atoms with van der Waals surface area (Å²) in [5, 5.41) is 8.57. The number of nitrogens with one attached hydrogen (secondary N) is 3. The Hall–Kier alpha value is -2.87. The normalized spacial score (nSPS) is 11.7. The van der Waals surface area contributed by atoms with Crippen molar-refractivity contribution in [3.05, 3.63) is 59.4 Å². The summed E-state index contributed by atoms with van der Waals surface area (Å²) in [4.78, 5) is 32.7. The molecule has 1 aromatic heterocycles. The molecule has 1 aromatic carbocycles. The van der Waals surface area contributed by atoms with Crippen LogP contribution in [0, 0.1) is 5.82 Å². The molecule has 2 aromatic rings. The van der Waals surface area contributed by atoms with Gasteiger partial charge in [-0.15, -0.1) is 0 Å². The van der Waals surface area contributed by atoms with Crippen molar-refractivity contribution < 1.29 is 14.0 Å². The Kier molecular flexibility index (Phi) is 7.16. The average Bonchev–Trinajstić information content (AvgIpc) is 2.65. The van der Waals surface area contributed by atoms with Gasteiger partial charge in [0.15, 0.2) is 11.4 Å². The van der Waals surface area contributed by atoms with E-state index in [1.807, 2.05) is 13.8 Å². The molecule has 0 aliphatic carbocycles. The highest BCUT2D eigenvalue weighted by atomic mass is 19.1. The van der Waals surface area contributed by atoms with Crippen LogP contribution < -0.4 is 16.0 Å². The second-order valence-electron chi connectivity index (χ2n) is 5.73. The molecular formula is C18H22FN5O2. The molecular weight excluding hydrogens is 337 g/mol. The highest BCUT2D eigenvalue weighted by Gasteiger charge is 2.20. The summed E-state index contributed by atoms with van der Waals surface area (Å²) in [6.45, 7) is 5.30. The number of aromatic nitrogens is 2. The second kappa shape index (κ2) is 9.57. The van der Waals surface area contributed by atoms with E-state index in [1.54, 1.807) is 12.1 Å². The van der Waals surface area contributed by atoms with Crippen molar-refractivity contribution in [1.82, 2.24) is 25.9 Å². The SMILES string of the molecule is CCN[C@H](C)CNC(=O)c1nccnc1C(=O)NCc1ccc(F)cc1. The monoisotopic (exact) mass is 359 g/mol. The van der Waals surface area contributed by atoms with Gasteiger partial charge in [-0.25, -0.2) is 14.4 Å². The Morgan fingerprint density at radius 3 is 2.19 bits per heavy atom. The van der Waals surface area contributed by atoms with Crippen LogP contribution in [0.5, 0.6) is 0 Å². The number of hydrogen-bond acceptors (Lipinski definition) is 5. The minimum atomic E-state index is -0.521. The molecule has 2 rings (SSSR count). The second-order valence-corrected chi connectivity index (χ2v) is 5.73. The Balaban J connectivity index is 2.01. The Morgan fingerprint density at radius 1 is 1.04 bits per heavy atom. The summed E-state index contributed by atoms with van der Waals surface area (Å²) in [5.74, 6) is -1.33. The predicted molar refractivity (Wildman–Crippen MR) is 95.1 cm³/mol. The lowest BCUT2D eigenvalue weighted by Crippen LogP contribution is -2.40. The molecule has 7 nitrogen and oxygen atoms in total. The van der Waals surface area contributed by atoms with E-state index < -0.39 is 11.8 Å². The summed E-state index contributed by atoms with van der Waals surface area (Å²) in [7, 11) is 0. The zero-order valence-electron chi connectivity index (χ0n) is 14.8. The summed E-state index contributed by atoms with van der Waals surface area (Å²) in [6.07, 6.45) is 2.71. The third kappa shape index (κ3) is 5.59. The van der Waals surface area contributed by atoms with Crippen LogP contribution >= 0.6 is 0 Å². The summed E-state index contributed by atoms with van der Waals surface area (Å²) in [6, 6.07) is 5.86. The van der Waals surface area contributed by atoms with E-state index in [4.69, 9.17) is 0 Å². The van der Waals surface area contributed by atoms with E-state index in [1.165, 1.54) is 24.5 Å². The van der Waals surface area contributed by atoms with Crippen LogP contribution in [0.2, 0.25) is 0 Å². The van der Waals surface area contributed by atoms with Crippen LogP contribution in [0.25, 0.3) is 0 Å². The van der Waals surface area contributed by atoms with E-state index in [0.29, 0.717) is 6.54 Å². The standard InChI is InChI=1S/C18H22FN5O2/c1-3-20-12(2)10-23-17(25)15-16(22-9-8-21-15)18(26)24-11-13-4-6-14(19)7-5-13/h4-9,12,20H,3,10-11H2,1-2H3,(H,23,25)(H,24,26)/t12-/m1/s1. The number of hydrogen-bond donors (Lipinski definition) is 3. The lowest BCUT2D eigenvalue weighted by molar-refractivity contribution is 0.0908. The molecule has 0 aliphatic heterocycles. The van der Waals surface area contributed by atoms with Crippen molar-refractivity contribution in [2.45, 2.75) is 26.4 Å². The Labute approximate surface area is 151 Å². The maximum Gasteiger partial charge on any atom is 0.272 e. The molecule has 0 radical (unpaired) electrons. The van der Waals surface area contributed by atoms with Crippen LogP contribution in [-0.2, 0) is 6.54 Å². The molecule has 0 saturated heterocycles. The molecule has 0 aliphatic rings. The number of halogens is 1. The molecule has 2 amide bonds. The van der Waals surface area contributed by atoms with Gasteiger partial charge in [0.05, 0.1) is 0 Å². The van der Waals surface area contributed by atoms with Gasteiger partial charge >= 0.3 is 0 Å². The van der Waals surface area contributed by atoms with Crippen molar-refractivity contribution >= 4 is 11.8 Å². The van der Waals surface area contributed by atoms with Gasteiger partial charge in [0.1, 0.15) is 5.82 Å². The number of carbonyl (C=O) groups excluding carboxylic acids is 2. The number of amides is 2. The molecule has 3 N–H and O–H groups in total. The maximum absolute atomic E-state index is 12.9. The zero-order chi connectivity index (χ0) is 18.9. The summed E-state index contributed by atoms with van der Waals surface area (Å²) in [5.41, 5.74) is 0.644. The number of carbonyl (C=O) groups is 2.